The molecule has 0 saturated carbocycles. The predicted octanol–water partition coefficient (Wildman–Crippen LogP) is 3.46. The molecule has 0 radical (unpaired) electrons. The van der Waals surface area contributed by atoms with Gasteiger partial charge in [-0.25, -0.2) is 13.8 Å². The second-order valence-electron chi connectivity index (χ2n) is 7.50. The number of carbonyl (C=O) groups excluding carboxylic acids is 1. The number of para-hydroxylation sites is 1. The zero-order valence-electron chi connectivity index (χ0n) is 21.0. The Hall–Kier alpha value is -4.25. The number of methoxy groups -OCH3 is 3. The first-order chi connectivity index (χ1) is 17.8. The van der Waals surface area contributed by atoms with Gasteiger partial charge in [0.15, 0.2) is 23.0 Å². The third-order valence-electron chi connectivity index (χ3n) is 5.16. The maximum absolute atomic E-state index is 13.6. The Balaban J connectivity index is 1.82. The van der Waals surface area contributed by atoms with Crippen LogP contribution in [0.5, 0.6) is 23.0 Å². The first kappa shape index (κ1) is 27.3. The van der Waals surface area contributed by atoms with Crippen LogP contribution in [0.3, 0.4) is 0 Å². The fourth-order valence-corrected chi connectivity index (χ4v) is 4.83. The number of nitrogens with zero attached hydrogens (tertiary/aromatic N) is 2. The summed E-state index contributed by atoms with van der Waals surface area (Å²) in [6.07, 6.45) is 1.42. The quantitative estimate of drug-likeness (QED) is 0.283. The molecule has 3 aromatic carbocycles. The smallest absolute Gasteiger partial charge is 0.264 e. The number of carbonyl (C=O) groups is 1. The van der Waals surface area contributed by atoms with Gasteiger partial charge in [0.1, 0.15) is 6.54 Å². The summed E-state index contributed by atoms with van der Waals surface area (Å²) in [5.74, 6) is 1.10. The van der Waals surface area contributed by atoms with Crippen molar-refractivity contribution in [2.45, 2.75) is 11.8 Å². The van der Waals surface area contributed by atoms with Gasteiger partial charge in [0.05, 0.1) is 44.7 Å². The number of anilines is 1. The van der Waals surface area contributed by atoms with E-state index in [1.54, 1.807) is 48.5 Å². The van der Waals surface area contributed by atoms with Crippen molar-refractivity contribution in [3.63, 3.8) is 0 Å². The van der Waals surface area contributed by atoms with Gasteiger partial charge in [-0.1, -0.05) is 18.2 Å². The van der Waals surface area contributed by atoms with Crippen LogP contribution in [0.2, 0.25) is 0 Å². The number of hydrogen-bond acceptors (Lipinski definition) is 8. The highest BCUT2D eigenvalue weighted by Gasteiger charge is 2.28. The molecule has 0 heterocycles. The van der Waals surface area contributed by atoms with Crippen LogP contribution in [-0.4, -0.2) is 55.0 Å². The molecule has 0 atom stereocenters. The average Bonchev–Trinajstić information content (AvgIpc) is 2.92. The van der Waals surface area contributed by atoms with Crippen molar-refractivity contribution in [1.29, 1.82) is 0 Å². The summed E-state index contributed by atoms with van der Waals surface area (Å²) in [6, 6.07) is 17.7. The normalized spacial score (nSPS) is 11.1. The molecule has 0 saturated heterocycles. The van der Waals surface area contributed by atoms with Crippen molar-refractivity contribution in [2.75, 3.05) is 38.8 Å². The second-order valence-corrected chi connectivity index (χ2v) is 9.36. The van der Waals surface area contributed by atoms with Crippen LogP contribution in [-0.2, 0) is 14.8 Å². The molecule has 0 aliphatic carbocycles. The number of sulfonamides is 1. The first-order valence-corrected chi connectivity index (χ1v) is 12.7. The van der Waals surface area contributed by atoms with Gasteiger partial charge in [0.2, 0.25) is 0 Å². The molecule has 0 bridgehead atoms. The highest BCUT2D eigenvalue weighted by atomic mass is 32.2. The highest BCUT2D eigenvalue weighted by Crippen LogP contribution is 2.32. The fourth-order valence-electron chi connectivity index (χ4n) is 3.40. The van der Waals surface area contributed by atoms with Gasteiger partial charge >= 0.3 is 0 Å². The Labute approximate surface area is 216 Å². The third kappa shape index (κ3) is 6.70. The molecule has 3 aromatic rings. The molecular weight excluding hydrogens is 498 g/mol. The summed E-state index contributed by atoms with van der Waals surface area (Å²) >= 11 is 0. The molecule has 0 aromatic heterocycles. The number of hydrazone groups is 1. The van der Waals surface area contributed by atoms with Gasteiger partial charge in [0, 0.05) is 6.07 Å². The minimum absolute atomic E-state index is 0.0632. The van der Waals surface area contributed by atoms with Crippen LogP contribution in [0.1, 0.15) is 12.5 Å². The van der Waals surface area contributed by atoms with Gasteiger partial charge in [-0.2, -0.15) is 5.10 Å². The minimum atomic E-state index is -4.15. The van der Waals surface area contributed by atoms with E-state index in [0.717, 1.165) is 4.31 Å². The molecule has 1 amide bonds. The van der Waals surface area contributed by atoms with Crippen LogP contribution in [0.25, 0.3) is 0 Å². The van der Waals surface area contributed by atoms with E-state index in [4.69, 9.17) is 18.9 Å². The molecular formula is C26H29N3O7S. The summed E-state index contributed by atoms with van der Waals surface area (Å²) in [5.41, 5.74) is 3.34. The van der Waals surface area contributed by atoms with Gasteiger partial charge in [-0.3, -0.25) is 9.10 Å². The predicted molar refractivity (Wildman–Crippen MR) is 140 cm³/mol. The molecule has 11 heteroatoms. The molecule has 3 rings (SSSR count). The first-order valence-electron chi connectivity index (χ1n) is 11.3. The maximum atomic E-state index is 13.6. The minimum Gasteiger partial charge on any atom is -0.493 e. The number of rotatable bonds is 12. The van der Waals surface area contributed by atoms with Crippen LogP contribution in [0.15, 0.2) is 76.7 Å². The van der Waals surface area contributed by atoms with E-state index < -0.39 is 22.5 Å². The molecule has 10 nitrogen and oxygen atoms in total. The van der Waals surface area contributed by atoms with Crippen LogP contribution in [0, 0.1) is 0 Å². The van der Waals surface area contributed by atoms with Crippen molar-refractivity contribution < 1.29 is 32.2 Å². The summed E-state index contributed by atoms with van der Waals surface area (Å²) in [4.78, 5) is 12.7. The lowest BCUT2D eigenvalue weighted by atomic mass is 10.2. The SMILES string of the molecule is CCOc1ccc(/C=N\NC(=O)CN(c2ccccc2)S(=O)(=O)c2ccc(OC)c(OC)c2)cc1OC. The number of nitrogens with one attached hydrogen (secondary N) is 1. The molecule has 0 aliphatic rings. The summed E-state index contributed by atoms with van der Waals surface area (Å²) in [5, 5.41) is 3.97. The number of benzene rings is 3. The molecule has 0 aliphatic heterocycles. The largest absolute Gasteiger partial charge is 0.493 e. The molecule has 0 unspecified atom stereocenters. The van der Waals surface area contributed by atoms with Crippen molar-refractivity contribution >= 4 is 27.8 Å². The zero-order valence-corrected chi connectivity index (χ0v) is 21.8. The van der Waals surface area contributed by atoms with Crippen molar-refractivity contribution in [2.24, 2.45) is 5.10 Å². The Morgan fingerprint density at radius 3 is 2.19 bits per heavy atom. The monoisotopic (exact) mass is 527 g/mol. The molecule has 1 N–H and O–H groups in total. The molecule has 37 heavy (non-hydrogen) atoms. The lowest BCUT2D eigenvalue weighted by Gasteiger charge is -2.24. The Bertz CT molecular complexity index is 1350. The van der Waals surface area contributed by atoms with Crippen molar-refractivity contribution in [3.05, 3.63) is 72.3 Å². The molecule has 0 fully saturated rings. The van der Waals surface area contributed by atoms with Crippen molar-refractivity contribution in [3.8, 4) is 23.0 Å². The lowest BCUT2D eigenvalue weighted by Crippen LogP contribution is -2.39. The summed E-state index contributed by atoms with van der Waals surface area (Å²) in [6.45, 7) is 1.85. The van der Waals surface area contributed by atoms with Crippen LogP contribution < -0.4 is 28.7 Å². The Kier molecular flexibility index (Phi) is 9.33. The lowest BCUT2D eigenvalue weighted by molar-refractivity contribution is -0.119. The van der Waals surface area contributed by atoms with Crippen LogP contribution >= 0.6 is 0 Å². The van der Waals surface area contributed by atoms with E-state index in [1.807, 2.05) is 6.92 Å². The number of hydrogen-bond donors (Lipinski definition) is 1. The molecule has 0 spiro atoms. The van der Waals surface area contributed by atoms with E-state index in [9.17, 15) is 13.2 Å². The zero-order chi connectivity index (χ0) is 26.8. The second kappa shape index (κ2) is 12.6. The topological polar surface area (TPSA) is 116 Å². The summed E-state index contributed by atoms with van der Waals surface area (Å²) < 4.78 is 49.4. The molecule has 196 valence electrons. The highest BCUT2D eigenvalue weighted by molar-refractivity contribution is 7.92. The van der Waals surface area contributed by atoms with Crippen molar-refractivity contribution in [1.82, 2.24) is 5.43 Å². The van der Waals surface area contributed by atoms with Gasteiger partial charge < -0.3 is 18.9 Å². The van der Waals surface area contributed by atoms with E-state index in [1.165, 1.54) is 45.7 Å². The average molecular weight is 528 g/mol. The Morgan fingerprint density at radius 2 is 1.54 bits per heavy atom. The van der Waals surface area contributed by atoms with E-state index in [-0.39, 0.29) is 10.6 Å². The van der Waals surface area contributed by atoms with E-state index >= 15 is 0 Å². The van der Waals surface area contributed by atoms with Crippen LogP contribution in [0.4, 0.5) is 5.69 Å². The fraction of sp³-hybridized carbons (Fsp3) is 0.231. The third-order valence-corrected chi connectivity index (χ3v) is 6.93. The maximum Gasteiger partial charge on any atom is 0.264 e. The summed E-state index contributed by atoms with van der Waals surface area (Å²) in [7, 11) is 0.243. The van der Waals surface area contributed by atoms with Gasteiger partial charge in [-0.05, 0) is 55.0 Å². The van der Waals surface area contributed by atoms with E-state index in [0.29, 0.717) is 35.1 Å². The number of amides is 1. The number of ether oxygens (including phenoxy) is 4. The Morgan fingerprint density at radius 1 is 0.892 bits per heavy atom. The standard InChI is InChI=1S/C26H29N3O7S/c1-5-36-23-13-11-19(15-24(23)34-3)17-27-28-26(30)18-29(20-9-7-6-8-10-20)37(31,32)21-12-14-22(33-2)25(16-21)35-4/h6-17H,5,18H2,1-4H3,(H,28,30)/b27-17-. The van der Waals surface area contributed by atoms with Gasteiger partial charge in [-0.15, -0.1) is 0 Å². The van der Waals surface area contributed by atoms with Gasteiger partial charge in [0.25, 0.3) is 15.9 Å². The van der Waals surface area contributed by atoms with E-state index in [2.05, 4.69) is 10.5 Å².